The van der Waals surface area contributed by atoms with Crippen molar-refractivity contribution in [3.8, 4) is 0 Å². The van der Waals surface area contributed by atoms with Crippen molar-refractivity contribution in [1.82, 2.24) is 0 Å². The van der Waals surface area contributed by atoms with Gasteiger partial charge < -0.3 is 4.72 Å². The van der Waals surface area contributed by atoms with Crippen LogP contribution in [0.1, 0.15) is 11.1 Å². The molecule has 1 aromatic carbocycles. The number of halogens is 3. The minimum absolute atomic E-state index is 0.273. The van der Waals surface area contributed by atoms with E-state index in [1.54, 1.807) is 6.92 Å². The third kappa shape index (κ3) is 4.23. The van der Waals surface area contributed by atoms with E-state index in [9.17, 15) is 13.2 Å². The number of benzene rings is 1. The highest BCUT2D eigenvalue weighted by atomic mass is 32.8. The fraction of sp³-hybridized carbons (Fsp3) is 0.333. The number of aryl methyl sites for hydroxylation is 1. The molecular formula is C9H10F3NO2S2. The predicted octanol–water partition coefficient (Wildman–Crippen LogP) is 2.91. The Morgan fingerprint density at radius 2 is 2.00 bits per heavy atom. The first kappa shape index (κ1) is 14.4. The van der Waals surface area contributed by atoms with Crippen LogP contribution in [0.3, 0.4) is 0 Å². The lowest BCUT2D eigenvalue weighted by Crippen LogP contribution is -2.10. The van der Waals surface area contributed by atoms with Crippen LogP contribution in [-0.2, 0) is 36.5 Å². The van der Waals surface area contributed by atoms with Crippen LogP contribution in [0.25, 0.3) is 0 Å². The normalized spacial score (nSPS) is 13.5. The Labute approximate surface area is 104 Å². The van der Waals surface area contributed by atoms with Crippen molar-refractivity contribution in [2.24, 2.45) is 0 Å². The Morgan fingerprint density at radius 3 is 2.53 bits per heavy atom. The van der Waals surface area contributed by atoms with Gasteiger partial charge in [0.2, 0.25) is 0 Å². The molecule has 3 nitrogen and oxygen atoms in total. The Morgan fingerprint density at radius 1 is 1.35 bits per heavy atom. The summed E-state index contributed by atoms with van der Waals surface area (Å²) in [5.41, 5.74) is 0.172. The second-order valence-corrected chi connectivity index (χ2v) is 4.82. The van der Waals surface area contributed by atoms with Crippen molar-refractivity contribution >= 4 is 26.8 Å². The minimum Gasteiger partial charge on any atom is -0.303 e. The summed E-state index contributed by atoms with van der Waals surface area (Å²) in [4.78, 5) is 4.34. The number of rotatable bonds is 4. The predicted molar refractivity (Wildman–Crippen MR) is 62.6 cm³/mol. The molecule has 1 atom stereocenters. The zero-order chi connectivity index (χ0) is 13.1. The third-order valence-corrected chi connectivity index (χ3v) is 2.95. The van der Waals surface area contributed by atoms with Crippen molar-refractivity contribution in [3.05, 3.63) is 29.3 Å². The first-order chi connectivity index (χ1) is 7.84. The van der Waals surface area contributed by atoms with Gasteiger partial charge in [-0.1, -0.05) is 6.07 Å². The van der Waals surface area contributed by atoms with Gasteiger partial charge in [0, 0.05) is 16.9 Å². The zero-order valence-electron chi connectivity index (χ0n) is 9.00. The number of alkyl halides is 3. The average molecular weight is 285 g/mol. The lowest BCUT2D eigenvalue weighted by Gasteiger charge is -2.13. The molecule has 0 spiro atoms. The number of anilines is 1. The molecule has 0 aliphatic carbocycles. The standard InChI is InChI=1S/C9H10F3NO2S2/c1-6-3-4-7(9(10,11)12)5-8(6)13-17(16)15-14-2/h3-5,13H,1-2H3. The summed E-state index contributed by atoms with van der Waals surface area (Å²) in [6, 6.07) is 3.37. The molecule has 0 amide bonds. The van der Waals surface area contributed by atoms with Crippen LogP contribution in [0.2, 0.25) is 0 Å². The quantitative estimate of drug-likeness (QED) is 0.680. The number of nitrogens with one attached hydrogen (secondary N) is 1. The third-order valence-electron chi connectivity index (χ3n) is 1.89. The monoisotopic (exact) mass is 285 g/mol. The summed E-state index contributed by atoms with van der Waals surface area (Å²) in [6.45, 7) is 1.67. The average Bonchev–Trinajstić information content (AvgIpc) is 2.20. The van der Waals surface area contributed by atoms with E-state index in [-0.39, 0.29) is 5.69 Å². The van der Waals surface area contributed by atoms with E-state index in [2.05, 4.69) is 13.9 Å². The van der Waals surface area contributed by atoms with Crippen LogP contribution in [0.4, 0.5) is 18.9 Å². The maximum atomic E-state index is 12.5. The molecule has 0 heterocycles. The molecule has 1 N–H and O–H groups in total. The van der Waals surface area contributed by atoms with Crippen LogP contribution in [-0.4, -0.2) is 7.11 Å². The van der Waals surface area contributed by atoms with Gasteiger partial charge in [0.1, 0.15) is 9.92 Å². The van der Waals surface area contributed by atoms with Crippen molar-refractivity contribution in [3.63, 3.8) is 0 Å². The molecule has 1 rings (SSSR count). The molecule has 0 aromatic heterocycles. The Balaban J connectivity index is 2.95. The molecular weight excluding hydrogens is 275 g/mol. The van der Waals surface area contributed by atoms with E-state index < -0.39 is 21.7 Å². The van der Waals surface area contributed by atoms with E-state index in [1.165, 1.54) is 13.2 Å². The first-order valence-electron chi connectivity index (χ1n) is 4.42. The van der Waals surface area contributed by atoms with Gasteiger partial charge in [0.05, 0.1) is 12.7 Å². The van der Waals surface area contributed by atoms with Crippen LogP contribution in [0.5, 0.6) is 0 Å². The summed E-state index contributed by atoms with van der Waals surface area (Å²) in [7, 11) is 0.0482. The Kier molecular flexibility index (Phi) is 4.87. The molecule has 17 heavy (non-hydrogen) atoms. The molecule has 0 bridgehead atoms. The Hall–Kier alpha value is -0.700. The van der Waals surface area contributed by atoms with Gasteiger partial charge in [0.25, 0.3) is 0 Å². The number of hydrogen-bond donors (Lipinski definition) is 1. The molecule has 96 valence electrons. The van der Waals surface area contributed by atoms with E-state index >= 15 is 0 Å². The lowest BCUT2D eigenvalue weighted by molar-refractivity contribution is -0.162. The molecule has 0 saturated carbocycles. The molecule has 0 fully saturated rings. The van der Waals surface area contributed by atoms with Crippen molar-refractivity contribution in [2.45, 2.75) is 13.1 Å². The maximum Gasteiger partial charge on any atom is 0.416 e. The van der Waals surface area contributed by atoms with Crippen LogP contribution in [0, 0.1) is 6.92 Å². The SMILES string of the molecule is COOS(=S)Nc1cc(C(F)(F)F)ccc1C. The second-order valence-electron chi connectivity index (χ2n) is 3.10. The van der Waals surface area contributed by atoms with E-state index in [1.807, 2.05) is 0 Å². The minimum atomic E-state index is -4.38. The van der Waals surface area contributed by atoms with Gasteiger partial charge in [0.15, 0.2) is 0 Å². The van der Waals surface area contributed by atoms with Gasteiger partial charge in [-0.3, -0.25) is 0 Å². The van der Waals surface area contributed by atoms with E-state index in [4.69, 9.17) is 11.2 Å². The van der Waals surface area contributed by atoms with Crippen molar-refractivity contribution in [2.75, 3.05) is 11.8 Å². The highest BCUT2D eigenvalue weighted by Crippen LogP contribution is 2.32. The summed E-state index contributed by atoms with van der Waals surface area (Å²) in [5, 5.41) is 0. The lowest BCUT2D eigenvalue weighted by atomic mass is 10.1. The molecule has 0 aliphatic rings. The van der Waals surface area contributed by atoms with E-state index in [0.717, 1.165) is 12.1 Å². The van der Waals surface area contributed by atoms with Gasteiger partial charge in [-0.15, -0.1) is 4.33 Å². The highest BCUT2D eigenvalue weighted by Gasteiger charge is 2.30. The van der Waals surface area contributed by atoms with Gasteiger partial charge >= 0.3 is 6.18 Å². The van der Waals surface area contributed by atoms with Crippen molar-refractivity contribution < 1.29 is 22.4 Å². The maximum absolute atomic E-state index is 12.5. The smallest absolute Gasteiger partial charge is 0.303 e. The first-order valence-corrected chi connectivity index (χ1v) is 6.49. The summed E-state index contributed by atoms with van der Waals surface area (Å²) < 4.78 is 44.6. The fourth-order valence-electron chi connectivity index (χ4n) is 1.08. The molecule has 1 unspecified atom stereocenters. The molecule has 1 aromatic rings. The summed E-state index contributed by atoms with van der Waals surface area (Å²) in [5.74, 6) is 0. The summed E-state index contributed by atoms with van der Waals surface area (Å²) in [6.07, 6.45) is -4.38. The van der Waals surface area contributed by atoms with Crippen LogP contribution < -0.4 is 4.72 Å². The molecule has 8 heteroatoms. The largest absolute Gasteiger partial charge is 0.416 e. The number of hydrogen-bond acceptors (Lipinski definition) is 3. The summed E-state index contributed by atoms with van der Waals surface area (Å²) >= 11 is 4.80. The second kappa shape index (κ2) is 5.76. The van der Waals surface area contributed by atoms with Gasteiger partial charge in [-0.05, 0) is 24.6 Å². The molecule has 0 saturated heterocycles. The van der Waals surface area contributed by atoms with E-state index in [0.29, 0.717) is 5.56 Å². The van der Waals surface area contributed by atoms with Crippen LogP contribution >= 0.6 is 0 Å². The fourth-order valence-corrected chi connectivity index (χ4v) is 2.07. The Bertz CT molecular complexity index is 423. The topological polar surface area (TPSA) is 30.5 Å². The van der Waals surface area contributed by atoms with Gasteiger partial charge in [-0.25, -0.2) is 4.89 Å². The highest BCUT2D eigenvalue weighted by molar-refractivity contribution is 8.26. The van der Waals surface area contributed by atoms with Crippen LogP contribution in [0.15, 0.2) is 18.2 Å². The van der Waals surface area contributed by atoms with Crippen molar-refractivity contribution in [1.29, 1.82) is 0 Å². The van der Waals surface area contributed by atoms with Gasteiger partial charge in [-0.2, -0.15) is 13.2 Å². The molecule has 0 radical (unpaired) electrons. The zero-order valence-corrected chi connectivity index (χ0v) is 10.6. The molecule has 0 aliphatic heterocycles.